The molecule has 0 aromatic carbocycles. The molecule has 4 aromatic heterocycles. The van der Waals surface area contributed by atoms with Crippen molar-refractivity contribution in [1.29, 1.82) is 0 Å². The number of nitrogens with zero attached hydrogens (tertiary/aromatic N) is 5. The Morgan fingerprint density at radius 3 is 2.75 bits per heavy atom. The molecule has 0 aliphatic carbocycles. The van der Waals surface area contributed by atoms with E-state index < -0.39 is 0 Å². The second kappa shape index (κ2) is 5.73. The maximum absolute atomic E-state index is 4.69. The average Bonchev–Trinajstić information content (AvgIpc) is 3.06. The molecule has 0 saturated heterocycles. The molecule has 1 N–H and O–H groups in total. The minimum absolute atomic E-state index is 0.580. The Bertz CT molecular complexity index is 1020. The predicted octanol–water partition coefficient (Wildman–Crippen LogP) is 3.55. The normalized spacial score (nSPS) is 10.9. The summed E-state index contributed by atoms with van der Waals surface area (Å²) in [6.07, 6.45) is 5.48. The second-order valence-electron chi connectivity index (χ2n) is 5.60. The van der Waals surface area contributed by atoms with E-state index in [9.17, 15) is 0 Å². The minimum atomic E-state index is 0.580. The molecule has 0 unspecified atom stereocenters. The van der Waals surface area contributed by atoms with E-state index in [1.54, 1.807) is 6.20 Å². The van der Waals surface area contributed by atoms with Crippen molar-refractivity contribution >= 4 is 17.0 Å². The van der Waals surface area contributed by atoms with Crippen molar-refractivity contribution in [3.8, 4) is 11.5 Å². The van der Waals surface area contributed by atoms with Crippen LogP contribution >= 0.6 is 0 Å². The molecular formula is C18H16N6. The molecule has 0 atom stereocenters. The van der Waals surface area contributed by atoms with Crippen LogP contribution in [-0.2, 0) is 0 Å². The summed E-state index contributed by atoms with van der Waals surface area (Å²) in [5, 5.41) is 7.95. The fourth-order valence-electron chi connectivity index (χ4n) is 2.54. The zero-order valence-electron chi connectivity index (χ0n) is 13.4. The summed E-state index contributed by atoms with van der Waals surface area (Å²) >= 11 is 0. The van der Waals surface area contributed by atoms with Crippen molar-refractivity contribution in [2.45, 2.75) is 13.8 Å². The van der Waals surface area contributed by atoms with Gasteiger partial charge >= 0.3 is 0 Å². The highest BCUT2D eigenvalue weighted by atomic mass is 15.3. The number of hydrogen-bond donors (Lipinski definition) is 1. The Labute approximate surface area is 139 Å². The maximum Gasteiger partial charge on any atom is 0.200 e. The number of aromatic nitrogens is 5. The lowest BCUT2D eigenvalue weighted by Crippen LogP contribution is -2.05. The van der Waals surface area contributed by atoms with Crippen LogP contribution in [0.3, 0.4) is 0 Å². The summed E-state index contributed by atoms with van der Waals surface area (Å²) in [5.74, 6) is 1.32. The van der Waals surface area contributed by atoms with Crippen molar-refractivity contribution in [3.05, 3.63) is 66.2 Å². The first-order valence-electron chi connectivity index (χ1n) is 7.68. The number of fused-ring (bicyclic) bond motifs is 1. The van der Waals surface area contributed by atoms with Gasteiger partial charge in [-0.05, 0) is 49.7 Å². The van der Waals surface area contributed by atoms with Gasteiger partial charge in [-0.15, -0.1) is 5.10 Å². The van der Waals surface area contributed by atoms with Crippen LogP contribution in [0.1, 0.15) is 11.3 Å². The van der Waals surface area contributed by atoms with Crippen molar-refractivity contribution in [1.82, 2.24) is 24.6 Å². The molecule has 24 heavy (non-hydrogen) atoms. The van der Waals surface area contributed by atoms with Gasteiger partial charge in [0.25, 0.3) is 0 Å². The van der Waals surface area contributed by atoms with E-state index in [-0.39, 0.29) is 0 Å². The molecule has 4 aromatic rings. The van der Waals surface area contributed by atoms with Gasteiger partial charge in [0.1, 0.15) is 11.2 Å². The molecule has 0 saturated carbocycles. The summed E-state index contributed by atoms with van der Waals surface area (Å²) < 4.78 is 1.81. The Morgan fingerprint density at radius 1 is 1.00 bits per heavy atom. The van der Waals surface area contributed by atoms with Crippen LogP contribution in [0, 0.1) is 13.8 Å². The van der Waals surface area contributed by atoms with Gasteiger partial charge in [-0.2, -0.15) is 0 Å². The number of aryl methyl sites for hydroxylation is 2. The van der Waals surface area contributed by atoms with Crippen molar-refractivity contribution < 1.29 is 0 Å². The van der Waals surface area contributed by atoms with Crippen LogP contribution < -0.4 is 5.32 Å². The zero-order chi connectivity index (χ0) is 16.5. The monoisotopic (exact) mass is 316 g/mol. The van der Waals surface area contributed by atoms with Crippen LogP contribution in [0.25, 0.3) is 17.0 Å². The van der Waals surface area contributed by atoms with Gasteiger partial charge in [0, 0.05) is 30.0 Å². The fraction of sp³-hybridized carbons (Fsp3) is 0.111. The van der Waals surface area contributed by atoms with E-state index in [0.29, 0.717) is 5.82 Å². The van der Waals surface area contributed by atoms with E-state index >= 15 is 0 Å². The van der Waals surface area contributed by atoms with Gasteiger partial charge in [-0.3, -0.25) is 4.98 Å². The molecule has 0 fully saturated rings. The Balaban J connectivity index is 1.85. The minimum Gasteiger partial charge on any atom is -0.338 e. The lowest BCUT2D eigenvalue weighted by molar-refractivity contribution is 0.908. The lowest BCUT2D eigenvalue weighted by atomic mass is 10.2. The predicted molar refractivity (Wildman–Crippen MR) is 93.2 cm³/mol. The van der Waals surface area contributed by atoms with E-state index in [2.05, 4.69) is 20.4 Å². The number of rotatable bonds is 3. The van der Waals surface area contributed by atoms with Gasteiger partial charge in [-0.25, -0.2) is 14.5 Å². The molecule has 6 heteroatoms. The number of hydrogen-bond acceptors (Lipinski definition) is 5. The van der Waals surface area contributed by atoms with Gasteiger partial charge in [-0.1, -0.05) is 6.07 Å². The molecule has 118 valence electrons. The molecule has 4 rings (SSSR count). The van der Waals surface area contributed by atoms with Crippen molar-refractivity contribution in [3.63, 3.8) is 0 Å². The Kier molecular flexibility index (Phi) is 3.42. The molecule has 0 aliphatic rings. The smallest absolute Gasteiger partial charge is 0.200 e. The van der Waals surface area contributed by atoms with E-state index in [0.717, 1.165) is 34.0 Å². The van der Waals surface area contributed by atoms with Crippen molar-refractivity contribution in [2.75, 3.05) is 5.32 Å². The topological polar surface area (TPSA) is 68.0 Å². The highest BCUT2D eigenvalue weighted by Crippen LogP contribution is 2.24. The zero-order valence-corrected chi connectivity index (χ0v) is 13.4. The van der Waals surface area contributed by atoms with Crippen molar-refractivity contribution in [2.24, 2.45) is 0 Å². The highest BCUT2D eigenvalue weighted by molar-refractivity contribution is 5.75. The molecule has 0 amide bonds. The van der Waals surface area contributed by atoms with E-state index in [1.165, 1.54) is 0 Å². The molecular weight excluding hydrogens is 300 g/mol. The van der Waals surface area contributed by atoms with Crippen LogP contribution in [0.15, 0.2) is 55.0 Å². The Hall–Kier alpha value is -3.28. The number of anilines is 2. The van der Waals surface area contributed by atoms with Gasteiger partial charge in [0.15, 0.2) is 5.82 Å². The fourth-order valence-corrected chi connectivity index (χ4v) is 2.54. The van der Waals surface area contributed by atoms with Crippen LogP contribution in [0.5, 0.6) is 0 Å². The van der Waals surface area contributed by atoms with E-state index in [4.69, 9.17) is 4.98 Å². The summed E-state index contributed by atoms with van der Waals surface area (Å²) in [6, 6.07) is 11.7. The van der Waals surface area contributed by atoms with Crippen LogP contribution in [0.2, 0.25) is 0 Å². The average molecular weight is 316 g/mol. The van der Waals surface area contributed by atoms with Gasteiger partial charge in [0.05, 0.1) is 0 Å². The standard InChI is InChI=1S/C18H16N6/c1-12-11-19-9-8-14(12)21-18-16-7-4-10-24(16)23-17(22-18)15-6-3-5-13(2)20-15/h3-11H,1-2H3,(H,19,21,22,23). The third-order valence-corrected chi connectivity index (χ3v) is 3.78. The molecule has 4 heterocycles. The van der Waals surface area contributed by atoms with Crippen LogP contribution in [0.4, 0.5) is 11.5 Å². The Morgan fingerprint density at radius 2 is 1.92 bits per heavy atom. The molecule has 0 spiro atoms. The maximum atomic E-state index is 4.69. The molecule has 0 bridgehead atoms. The first-order chi connectivity index (χ1) is 11.7. The molecule has 0 aliphatic heterocycles. The first-order valence-corrected chi connectivity index (χ1v) is 7.68. The SMILES string of the molecule is Cc1cccc(-c2nc(Nc3ccncc3C)c3cccn3n2)n1. The third kappa shape index (κ3) is 2.58. The molecule has 0 radical (unpaired) electrons. The summed E-state index contributed by atoms with van der Waals surface area (Å²) in [4.78, 5) is 13.3. The first kappa shape index (κ1) is 14.3. The van der Waals surface area contributed by atoms with Gasteiger partial charge < -0.3 is 5.32 Å². The quantitative estimate of drug-likeness (QED) is 0.626. The van der Waals surface area contributed by atoms with Gasteiger partial charge in [0.2, 0.25) is 5.82 Å². The largest absolute Gasteiger partial charge is 0.338 e. The lowest BCUT2D eigenvalue weighted by Gasteiger charge is -2.11. The summed E-state index contributed by atoms with van der Waals surface area (Å²) in [7, 11) is 0. The summed E-state index contributed by atoms with van der Waals surface area (Å²) in [5.41, 5.74) is 4.61. The highest BCUT2D eigenvalue weighted by Gasteiger charge is 2.11. The number of pyridine rings is 2. The molecule has 6 nitrogen and oxygen atoms in total. The van der Waals surface area contributed by atoms with E-state index in [1.807, 2.05) is 67.2 Å². The second-order valence-corrected chi connectivity index (χ2v) is 5.60. The van der Waals surface area contributed by atoms with Crippen LogP contribution in [-0.4, -0.2) is 24.6 Å². The third-order valence-electron chi connectivity index (χ3n) is 3.78. The summed E-state index contributed by atoms with van der Waals surface area (Å²) in [6.45, 7) is 3.96. The number of nitrogens with one attached hydrogen (secondary N) is 1.